The molecule has 1 aromatic carbocycles. The third-order valence-corrected chi connectivity index (χ3v) is 4.08. The Balaban J connectivity index is 2.07. The van der Waals surface area contributed by atoms with Gasteiger partial charge in [-0.05, 0) is 31.5 Å². The summed E-state index contributed by atoms with van der Waals surface area (Å²) in [4.78, 5) is 4.42. The van der Waals surface area contributed by atoms with Crippen LogP contribution in [0.2, 0.25) is 0 Å². The van der Waals surface area contributed by atoms with Crippen molar-refractivity contribution in [2.75, 3.05) is 5.32 Å². The van der Waals surface area contributed by atoms with Gasteiger partial charge in [0.25, 0.3) is 0 Å². The summed E-state index contributed by atoms with van der Waals surface area (Å²) in [6.45, 7) is 4.90. The second kappa shape index (κ2) is 4.97. The van der Waals surface area contributed by atoms with Crippen LogP contribution in [0.5, 0.6) is 0 Å². The number of hydrogen-bond donors (Lipinski definition) is 1. The number of benzene rings is 1. The molecule has 0 saturated heterocycles. The molecule has 1 N–H and O–H groups in total. The van der Waals surface area contributed by atoms with Crippen molar-refractivity contribution in [1.82, 2.24) is 4.98 Å². The highest BCUT2D eigenvalue weighted by molar-refractivity contribution is 9.10. The zero-order valence-electron chi connectivity index (χ0n) is 9.25. The molecule has 0 fully saturated rings. The van der Waals surface area contributed by atoms with Crippen LogP contribution in [0.4, 0.5) is 5.69 Å². The molecule has 0 aliphatic rings. The van der Waals surface area contributed by atoms with Crippen molar-refractivity contribution in [2.45, 2.75) is 20.4 Å². The second-order valence-electron chi connectivity index (χ2n) is 3.62. The highest BCUT2D eigenvalue weighted by Gasteiger charge is 2.02. The number of aryl methyl sites for hydroxylation is 1. The topological polar surface area (TPSA) is 24.9 Å². The molecule has 16 heavy (non-hydrogen) atoms. The van der Waals surface area contributed by atoms with E-state index in [0.29, 0.717) is 0 Å². The minimum atomic E-state index is 0.779. The molecule has 2 aromatic rings. The van der Waals surface area contributed by atoms with Crippen molar-refractivity contribution in [1.29, 1.82) is 0 Å². The average Bonchev–Trinajstić information content (AvgIpc) is 2.67. The van der Waals surface area contributed by atoms with Crippen LogP contribution in [0.1, 0.15) is 16.3 Å². The average molecular weight is 297 g/mol. The summed E-state index contributed by atoms with van der Waals surface area (Å²) in [5.74, 6) is 0. The van der Waals surface area contributed by atoms with Crippen LogP contribution >= 0.6 is 27.3 Å². The van der Waals surface area contributed by atoms with E-state index >= 15 is 0 Å². The van der Waals surface area contributed by atoms with Gasteiger partial charge in [0.1, 0.15) is 0 Å². The van der Waals surface area contributed by atoms with Crippen molar-refractivity contribution in [3.8, 4) is 0 Å². The van der Waals surface area contributed by atoms with E-state index in [0.717, 1.165) is 27.4 Å². The first-order chi connectivity index (χ1) is 7.66. The van der Waals surface area contributed by atoms with Gasteiger partial charge >= 0.3 is 0 Å². The van der Waals surface area contributed by atoms with Gasteiger partial charge in [-0.1, -0.05) is 22.0 Å². The zero-order valence-corrected chi connectivity index (χ0v) is 11.7. The third-order valence-electron chi connectivity index (χ3n) is 2.39. The maximum Gasteiger partial charge on any atom is 0.0898 e. The third kappa shape index (κ3) is 2.62. The summed E-state index contributed by atoms with van der Waals surface area (Å²) in [7, 11) is 0. The first-order valence-corrected chi connectivity index (χ1v) is 6.74. The fourth-order valence-corrected chi connectivity index (χ4v) is 2.45. The monoisotopic (exact) mass is 296 g/mol. The van der Waals surface area contributed by atoms with Crippen molar-refractivity contribution in [3.63, 3.8) is 0 Å². The first kappa shape index (κ1) is 11.6. The lowest BCUT2D eigenvalue weighted by atomic mass is 10.2. The molecule has 0 unspecified atom stereocenters. The number of thiazole rings is 1. The van der Waals surface area contributed by atoms with E-state index < -0.39 is 0 Å². The van der Waals surface area contributed by atoms with Gasteiger partial charge in [0.05, 0.1) is 17.2 Å². The Hall–Kier alpha value is -0.870. The molecule has 1 heterocycles. The number of anilines is 1. The molecule has 0 aliphatic heterocycles. The number of hydrogen-bond acceptors (Lipinski definition) is 3. The van der Waals surface area contributed by atoms with E-state index in [1.165, 1.54) is 5.56 Å². The molecule has 1 aromatic heterocycles. The van der Waals surface area contributed by atoms with Gasteiger partial charge in [0, 0.05) is 15.5 Å². The molecule has 2 rings (SSSR count). The Morgan fingerprint density at radius 1 is 1.38 bits per heavy atom. The molecule has 0 saturated carbocycles. The van der Waals surface area contributed by atoms with Gasteiger partial charge in [-0.25, -0.2) is 4.98 Å². The maximum absolute atomic E-state index is 4.42. The maximum atomic E-state index is 4.42. The van der Waals surface area contributed by atoms with Crippen molar-refractivity contribution in [2.24, 2.45) is 0 Å². The molecular weight excluding hydrogens is 284 g/mol. The fraction of sp³-hybridized carbons (Fsp3) is 0.250. The summed E-state index contributed by atoms with van der Waals surface area (Å²) in [6, 6.07) is 6.17. The van der Waals surface area contributed by atoms with E-state index in [9.17, 15) is 0 Å². The largest absolute Gasteiger partial charge is 0.379 e. The Morgan fingerprint density at radius 2 is 2.19 bits per heavy atom. The lowest BCUT2D eigenvalue weighted by Crippen LogP contribution is -2.01. The van der Waals surface area contributed by atoms with Gasteiger partial charge in [-0.15, -0.1) is 11.3 Å². The molecule has 0 bridgehead atoms. The first-order valence-electron chi connectivity index (χ1n) is 5.07. The van der Waals surface area contributed by atoms with E-state index in [-0.39, 0.29) is 0 Å². The van der Waals surface area contributed by atoms with E-state index in [2.05, 4.69) is 44.6 Å². The Kier molecular flexibility index (Phi) is 3.61. The number of halogens is 1. The lowest BCUT2D eigenvalue weighted by molar-refractivity contribution is 1.05. The van der Waals surface area contributed by atoms with E-state index in [4.69, 9.17) is 0 Å². The summed E-state index contributed by atoms with van der Waals surface area (Å²) in [6.07, 6.45) is 0. The highest BCUT2D eigenvalue weighted by atomic mass is 79.9. The lowest BCUT2D eigenvalue weighted by Gasteiger charge is -2.09. The molecule has 0 spiro atoms. The minimum Gasteiger partial charge on any atom is -0.379 e. The number of rotatable bonds is 3. The normalized spacial score (nSPS) is 10.4. The van der Waals surface area contributed by atoms with Gasteiger partial charge < -0.3 is 5.32 Å². The standard InChI is InChI=1S/C12H13BrN2S/c1-8-11(13)4-3-5-12(8)14-6-10-7-16-9(2)15-10/h3-5,7,14H,6H2,1-2H3. The molecule has 2 nitrogen and oxygen atoms in total. The minimum absolute atomic E-state index is 0.779. The van der Waals surface area contributed by atoms with Crippen LogP contribution in [-0.2, 0) is 6.54 Å². The van der Waals surface area contributed by atoms with Crippen molar-refractivity contribution >= 4 is 33.0 Å². The van der Waals surface area contributed by atoms with Crippen LogP contribution in [0.3, 0.4) is 0 Å². The summed E-state index contributed by atoms with van der Waals surface area (Å²) in [5, 5.41) is 6.60. The SMILES string of the molecule is Cc1nc(CNc2cccc(Br)c2C)cs1. The number of aromatic nitrogens is 1. The molecular formula is C12H13BrN2S. The molecule has 0 amide bonds. The summed E-state index contributed by atoms with van der Waals surface area (Å²) in [5.41, 5.74) is 3.48. The van der Waals surface area contributed by atoms with Crippen LogP contribution < -0.4 is 5.32 Å². The van der Waals surface area contributed by atoms with Crippen LogP contribution in [0, 0.1) is 13.8 Å². The highest BCUT2D eigenvalue weighted by Crippen LogP contribution is 2.23. The zero-order chi connectivity index (χ0) is 11.5. The van der Waals surface area contributed by atoms with Crippen LogP contribution in [-0.4, -0.2) is 4.98 Å². The second-order valence-corrected chi connectivity index (χ2v) is 5.54. The quantitative estimate of drug-likeness (QED) is 0.921. The van der Waals surface area contributed by atoms with E-state index in [1.54, 1.807) is 11.3 Å². The van der Waals surface area contributed by atoms with Gasteiger partial charge in [-0.2, -0.15) is 0 Å². The Morgan fingerprint density at radius 3 is 2.88 bits per heavy atom. The van der Waals surface area contributed by atoms with Crippen LogP contribution in [0.15, 0.2) is 28.1 Å². The molecule has 84 valence electrons. The fourth-order valence-electron chi connectivity index (χ4n) is 1.47. The molecule has 4 heteroatoms. The van der Waals surface area contributed by atoms with Gasteiger partial charge in [0.15, 0.2) is 0 Å². The van der Waals surface area contributed by atoms with Crippen molar-refractivity contribution < 1.29 is 0 Å². The summed E-state index contributed by atoms with van der Waals surface area (Å²) >= 11 is 5.21. The molecule has 0 radical (unpaired) electrons. The predicted octanol–water partition coefficient (Wildman–Crippen LogP) is 4.13. The van der Waals surface area contributed by atoms with E-state index in [1.807, 2.05) is 19.1 Å². The Bertz CT molecular complexity index is 494. The number of nitrogens with one attached hydrogen (secondary N) is 1. The number of nitrogens with zero attached hydrogens (tertiary/aromatic N) is 1. The smallest absolute Gasteiger partial charge is 0.0898 e. The van der Waals surface area contributed by atoms with Crippen molar-refractivity contribution in [3.05, 3.63) is 44.3 Å². The van der Waals surface area contributed by atoms with Gasteiger partial charge in [0.2, 0.25) is 0 Å². The van der Waals surface area contributed by atoms with Crippen LogP contribution in [0.25, 0.3) is 0 Å². The molecule has 0 aliphatic carbocycles. The Labute approximate surface area is 108 Å². The molecule has 0 atom stereocenters. The van der Waals surface area contributed by atoms with Gasteiger partial charge in [-0.3, -0.25) is 0 Å². The predicted molar refractivity (Wildman–Crippen MR) is 73.1 cm³/mol. The summed E-state index contributed by atoms with van der Waals surface area (Å²) < 4.78 is 1.13.